The smallest absolute Gasteiger partial charge is 0.320 e. The molecule has 0 radical (unpaired) electrons. The maximum atomic E-state index is 12.5. The molecule has 2 fully saturated rings. The summed E-state index contributed by atoms with van der Waals surface area (Å²) in [5.74, 6) is -0.805. The first-order valence-corrected chi connectivity index (χ1v) is 7.92. The summed E-state index contributed by atoms with van der Waals surface area (Å²) < 4.78 is 0. The van der Waals surface area contributed by atoms with Crippen LogP contribution in [0.2, 0.25) is 0 Å². The zero-order valence-electron chi connectivity index (χ0n) is 13.3. The van der Waals surface area contributed by atoms with E-state index in [1.165, 1.54) is 0 Å². The molecule has 0 saturated carbocycles. The van der Waals surface area contributed by atoms with Crippen LogP contribution >= 0.6 is 0 Å². The summed E-state index contributed by atoms with van der Waals surface area (Å²) in [7, 11) is 0. The van der Waals surface area contributed by atoms with Gasteiger partial charge < -0.3 is 14.9 Å². The van der Waals surface area contributed by atoms with E-state index < -0.39 is 11.4 Å². The maximum Gasteiger partial charge on any atom is 0.320 e. The van der Waals surface area contributed by atoms with Gasteiger partial charge in [-0.15, -0.1) is 0 Å². The molecule has 2 atom stereocenters. The van der Waals surface area contributed by atoms with Gasteiger partial charge in [0.05, 0.1) is 5.41 Å². The number of likely N-dealkylation sites (N-methyl/N-ethyl adjacent to an activating group) is 1. The Morgan fingerprint density at radius 1 is 1.24 bits per heavy atom. The molecule has 6 heteroatoms. The van der Waals surface area contributed by atoms with Crippen LogP contribution in [0.25, 0.3) is 0 Å². The van der Waals surface area contributed by atoms with Crippen molar-refractivity contribution in [2.45, 2.75) is 39.7 Å². The van der Waals surface area contributed by atoms with Crippen molar-refractivity contribution in [3.05, 3.63) is 0 Å². The maximum absolute atomic E-state index is 12.5. The van der Waals surface area contributed by atoms with Crippen molar-refractivity contribution in [1.29, 1.82) is 0 Å². The SMILES string of the molecule is CCN(CC)C1CCN(C(=O)N2CCC(C)(C(=O)O)C2)C1. The highest BCUT2D eigenvalue weighted by atomic mass is 16.4. The van der Waals surface area contributed by atoms with Gasteiger partial charge in [-0.1, -0.05) is 13.8 Å². The molecule has 2 saturated heterocycles. The topological polar surface area (TPSA) is 64.1 Å². The third-order valence-electron chi connectivity index (χ3n) is 5.02. The van der Waals surface area contributed by atoms with Crippen molar-refractivity contribution in [2.75, 3.05) is 39.3 Å². The summed E-state index contributed by atoms with van der Waals surface area (Å²) in [6, 6.07) is 0.451. The van der Waals surface area contributed by atoms with E-state index in [0.29, 0.717) is 25.6 Å². The fraction of sp³-hybridized carbons (Fsp3) is 0.867. The molecule has 1 N–H and O–H groups in total. The van der Waals surface area contributed by atoms with E-state index in [1.54, 1.807) is 11.8 Å². The quantitative estimate of drug-likeness (QED) is 0.850. The highest BCUT2D eigenvalue weighted by molar-refractivity contribution is 5.79. The number of likely N-dealkylation sites (tertiary alicyclic amines) is 2. The molecule has 2 heterocycles. The van der Waals surface area contributed by atoms with Gasteiger partial charge in [-0.25, -0.2) is 4.79 Å². The zero-order valence-corrected chi connectivity index (χ0v) is 13.3. The van der Waals surface area contributed by atoms with Gasteiger partial charge in [0.1, 0.15) is 0 Å². The molecular weight excluding hydrogens is 270 g/mol. The number of hydrogen-bond acceptors (Lipinski definition) is 3. The molecule has 2 amide bonds. The molecule has 21 heavy (non-hydrogen) atoms. The number of urea groups is 1. The minimum atomic E-state index is -0.805. The molecule has 6 nitrogen and oxygen atoms in total. The van der Waals surface area contributed by atoms with Crippen LogP contribution in [0.5, 0.6) is 0 Å². The molecule has 2 aliphatic rings. The fourth-order valence-electron chi connectivity index (χ4n) is 3.45. The third-order valence-corrected chi connectivity index (χ3v) is 5.02. The third kappa shape index (κ3) is 3.15. The molecular formula is C15H27N3O3. The second-order valence-corrected chi connectivity index (χ2v) is 6.43. The van der Waals surface area contributed by atoms with Crippen molar-refractivity contribution in [3.8, 4) is 0 Å². The van der Waals surface area contributed by atoms with Crippen LogP contribution in [0.15, 0.2) is 0 Å². The monoisotopic (exact) mass is 297 g/mol. The highest BCUT2D eigenvalue weighted by Gasteiger charge is 2.44. The van der Waals surface area contributed by atoms with Gasteiger partial charge in [0, 0.05) is 32.2 Å². The number of carboxylic acid groups (broad SMARTS) is 1. The lowest BCUT2D eigenvalue weighted by atomic mass is 9.90. The average Bonchev–Trinajstić information content (AvgIpc) is 3.08. The standard InChI is InChI=1S/C15H27N3O3/c1-4-16(5-2)12-6-8-17(10-12)14(21)18-9-7-15(3,11-18)13(19)20/h12H,4-11H2,1-3H3,(H,19,20). The summed E-state index contributed by atoms with van der Waals surface area (Å²) in [4.78, 5) is 29.8. The minimum absolute atomic E-state index is 0.00892. The molecule has 0 aromatic rings. The number of carboxylic acids is 1. The Balaban J connectivity index is 1.92. The van der Waals surface area contributed by atoms with E-state index in [1.807, 2.05) is 4.90 Å². The molecule has 2 rings (SSSR count). The highest BCUT2D eigenvalue weighted by Crippen LogP contribution is 2.31. The first kappa shape index (κ1) is 16.1. The number of carbonyl (C=O) groups is 2. The molecule has 2 unspecified atom stereocenters. The first-order valence-electron chi connectivity index (χ1n) is 7.92. The Hall–Kier alpha value is -1.30. The zero-order chi connectivity index (χ0) is 15.6. The van der Waals surface area contributed by atoms with E-state index in [0.717, 1.165) is 32.6 Å². The molecule has 0 aromatic carbocycles. The van der Waals surface area contributed by atoms with Crippen LogP contribution in [-0.4, -0.2) is 77.1 Å². The summed E-state index contributed by atoms with van der Waals surface area (Å²) in [6.07, 6.45) is 1.55. The van der Waals surface area contributed by atoms with E-state index in [4.69, 9.17) is 0 Å². The van der Waals surface area contributed by atoms with Gasteiger partial charge in [-0.2, -0.15) is 0 Å². The van der Waals surface area contributed by atoms with Crippen molar-refractivity contribution in [2.24, 2.45) is 5.41 Å². The first-order chi connectivity index (χ1) is 9.91. The summed E-state index contributed by atoms with van der Waals surface area (Å²) in [5.41, 5.74) is -0.784. The summed E-state index contributed by atoms with van der Waals surface area (Å²) in [6.45, 7) is 10.4. The molecule has 0 aromatic heterocycles. The largest absolute Gasteiger partial charge is 0.481 e. The number of aliphatic carboxylic acids is 1. The van der Waals surface area contributed by atoms with Crippen LogP contribution in [0.4, 0.5) is 4.79 Å². The van der Waals surface area contributed by atoms with Crippen molar-refractivity contribution in [3.63, 3.8) is 0 Å². The van der Waals surface area contributed by atoms with E-state index in [2.05, 4.69) is 18.7 Å². The second kappa shape index (κ2) is 6.22. The molecule has 0 bridgehead atoms. The number of amides is 2. The number of carbonyl (C=O) groups excluding carboxylic acids is 1. The van der Waals surface area contributed by atoms with Crippen LogP contribution in [0.3, 0.4) is 0 Å². The van der Waals surface area contributed by atoms with E-state index in [9.17, 15) is 14.7 Å². The lowest BCUT2D eigenvalue weighted by Crippen LogP contribution is -2.44. The molecule has 120 valence electrons. The van der Waals surface area contributed by atoms with Gasteiger partial charge in [-0.05, 0) is 32.9 Å². The molecule has 0 spiro atoms. The Morgan fingerprint density at radius 2 is 1.90 bits per heavy atom. The van der Waals surface area contributed by atoms with Crippen LogP contribution in [0, 0.1) is 5.41 Å². The Bertz CT molecular complexity index is 411. The summed E-state index contributed by atoms with van der Waals surface area (Å²) >= 11 is 0. The number of hydrogen-bond donors (Lipinski definition) is 1. The van der Waals surface area contributed by atoms with Gasteiger partial charge >= 0.3 is 12.0 Å². The fourth-order valence-corrected chi connectivity index (χ4v) is 3.45. The summed E-state index contributed by atoms with van der Waals surface area (Å²) in [5, 5.41) is 9.26. The number of rotatable bonds is 4. The lowest BCUT2D eigenvalue weighted by molar-refractivity contribution is -0.147. The predicted octanol–water partition coefficient (Wildman–Crippen LogP) is 1.32. The van der Waals surface area contributed by atoms with Gasteiger partial charge in [0.15, 0.2) is 0 Å². The van der Waals surface area contributed by atoms with Crippen LogP contribution < -0.4 is 0 Å². The Morgan fingerprint density at radius 3 is 2.43 bits per heavy atom. The normalized spacial score (nSPS) is 29.4. The van der Waals surface area contributed by atoms with Crippen molar-refractivity contribution in [1.82, 2.24) is 14.7 Å². The Kier molecular flexibility index (Phi) is 4.76. The average molecular weight is 297 g/mol. The van der Waals surface area contributed by atoms with E-state index in [-0.39, 0.29) is 6.03 Å². The Labute approximate surface area is 126 Å². The van der Waals surface area contributed by atoms with Gasteiger partial charge in [-0.3, -0.25) is 9.69 Å². The number of nitrogens with zero attached hydrogens (tertiary/aromatic N) is 3. The molecule has 0 aliphatic carbocycles. The van der Waals surface area contributed by atoms with Crippen LogP contribution in [0.1, 0.15) is 33.6 Å². The minimum Gasteiger partial charge on any atom is -0.481 e. The van der Waals surface area contributed by atoms with E-state index >= 15 is 0 Å². The van der Waals surface area contributed by atoms with Gasteiger partial charge in [0.25, 0.3) is 0 Å². The van der Waals surface area contributed by atoms with Crippen LogP contribution in [-0.2, 0) is 4.79 Å². The second-order valence-electron chi connectivity index (χ2n) is 6.43. The lowest BCUT2D eigenvalue weighted by Gasteiger charge is -2.28. The molecule has 2 aliphatic heterocycles. The van der Waals surface area contributed by atoms with Gasteiger partial charge in [0.2, 0.25) is 0 Å². The van der Waals surface area contributed by atoms with Crippen molar-refractivity contribution >= 4 is 12.0 Å². The van der Waals surface area contributed by atoms with Crippen molar-refractivity contribution < 1.29 is 14.7 Å². The predicted molar refractivity (Wildman–Crippen MR) is 80.2 cm³/mol.